The molecule has 0 bridgehead atoms. The van der Waals surface area contributed by atoms with Gasteiger partial charge in [0.05, 0.1) is 6.61 Å². The molecule has 4 rings (SSSR count). The van der Waals surface area contributed by atoms with E-state index in [1.807, 2.05) is 97.9 Å². The van der Waals surface area contributed by atoms with Gasteiger partial charge in [-0.15, -0.1) is 0 Å². The van der Waals surface area contributed by atoms with Crippen molar-refractivity contribution in [2.45, 2.75) is 37.8 Å². The molecule has 3 aromatic carbocycles. The predicted octanol–water partition coefficient (Wildman–Crippen LogP) is 5.58. The molecule has 0 aliphatic carbocycles. The summed E-state index contributed by atoms with van der Waals surface area (Å²) >= 11 is 3.46. The molecule has 0 aromatic heterocycles. The van der Waals surface area contributed by atoms with Crippen LogP contribution in [0.2, 0.25) is 0 Å². The van der Waals surface area contributed by atoms with Crippen LogP contribution in [0.3, 0.4) is 0 Å². The first-order valence-electron chi connectivity index (χ1n) is 12.8. The van der Waals surface area contributed by atoms with Crippen LogP contribution in [0.15, 0.2) is 94.4 Å². The van der Waals surface area contributed by atoms with E-state index in [1.165, 1.54) is 0 Å². The van der Waals surface area contributed by atoms with Crippen LogP contribution in [0.5, 0.6) is 5.75 Å². The van der Waals surface area contributed by atoms with Gasteiger partial charge in [0.25, 0.3) is 5.91 Å². The fourth-order valence-electron chi connectivity index (χ4n) is 4.25. The summed E-state index contributed by atoms with van der Waals surface area (Å²) in [5, 5.41) is 12.1. The Morgan fingerprint density at radius 2 is 1.84 bits per heavy atom. The van der Waals surface area contributed by atoms with Crippen LogP contribution in [0, 0.1) is 0 Å². The molecule has 3 aromatic rings. The Bertz CT molecular complexity index is 1240. The molecule has 0 fully saturated rings. The lowest BCUT2D eigenvalue weighted by molar-refractivity contribution is -0.128. The fraction of sp³-hybridized carbons (Fsp3) is 0.290. The summed E-state index contributed by atoms with van der Waals surface area (Å²) in [5.74, 6) is 0.992. The third-order valence-electron chi connectivity index (χ3n) is 6.48. The number of ether oxygens (including phenoxy) is 2. The zero-order valence-corrected chi connectivity index (χ0v) is 23.1. The number of benzene rings is 3. The number of aliphatic hydroxyl groups excluding tert-OH is 1. The van der Waals surface area contributed by atoms with Crippen LogP contribution >= 0.6 is 15.9 Å². The smallest absolute Gasteiger partial charge is 0.252 e. The van der Waals surface area contributed by atoms with Crippen molar-refractivity contribution in [2.24, 2.45) is 4.99 Å². The molecule has 1 heterocycles. The summed E-state index contributed by atoms with van der Waals surface area (Å²) < 4.78 is 12.8. The van der Waals surface area contributed by atoms with Crippen molar-refractivity contribution in [2.75, 3.05) is 19.8 Å². The molecule has 0 saturated heterocycles. The van der Waals surface area contributed by atoms with Crippen LogP contribution in [-0.2, 0) is 16.0 Å². The molecule has 0 unspecified atom stereocenters. The Morgan fingerprint density at radius 1 is 1.11 bits per heavy atom. The molecule has 0 saturated carbocycles. The minimum Gasteiger partial charge on any atom is -0.494 e. The highest BCUT2D eigenvalue weighted by molar-refractivity contribution is 9.10. The standard InChI is InChI=1S/C31H33BrN2O4/c1-23-31(19-5-9-24-7-3-2-4-8-24,30(36)33-20-18-25-10-14-27(32)15-11-25)34-29(38-23)26-12-16-28(17-13-26)37-22-6-21-35/h2-5,7-17,23,35H,6,18-22H2,1H3,(H,33,36)/b9-5+/t23-,31-/m1/s1. The Morgan fingerprint density at radius 3 is 2.55 bits per heavy atom. The lowest BCUT2D eigenvalue weighted by Gasteiger charge is -2.27. The van der Waals surface area contributed by atoms with Crippen LogP contribution in [0.25, 0.3) is 6.08 Å². The number of hydrogen-bond donors (Lipinski definition) is 2. The van der Waals surface area contributed by atoms with Crippen LogP contribution < -0.4 is 10.1 Å². The minimum atomic E-state index is -1.09. The summed E-state index contributed by atoms with van der Waals surface area (Å²) in [6.07, 6.45) is 5.25. The zero-order valence-electron chi connectivity index (χ0n) is 21.5. The van der Waals surface area contributed by atoms with Gasteiger partial charge < -0.3 is 19.9 Å². The number of aliphatic imine (C=N–C) groups is 1. The van der Waals surface area contributed by atoms with Gasteiger partial charge in [0.15, 0.2) is 5.54 Å². The quantitative estimate of drug-likeness (QED) is 0.276. The third kappa shape index (κ3) is 7.11. The number of halogens is 1. The highest BCUT2D eigenvalue weighted by Gasteiger charge is 2.49. The van der Waals surface area contributed by atoms with E-state index in [1.54, 1.807) is 0 Å². The molecule has 38 heavy (non-hydrogen) atoms. The second-order valence-corrected chi connectivity index (χ2v) is 10.1. The van der Waals surface area contributed by atoms with E-state index in [-0.39, 0.29) is 12.5 Å². The SMILES string of the molecule is C[C@H]1OC(c2ccc(OCCCO)cc2)=N[C@@]1(C/C=C/c1ccccc1)C(=O)NCCc1ccc(Br)cc1. The van der Waals surface area contributed by atoms with E-state index in [0.717, 1.165) is 27.6 Å². The topological polar surface area (TPSA) is 80.2 Å². The maximum atomic E-state index is 13.7. The summed E-state index contributed by atoms with van der Waals surface area (Å²) in [4.78, 5) is 18.6. The number of carbonyl (C=O) groups excluding carboxylic acids is 1. The van der Waals surface area contributed by atoms with Crippen molar-refractivity contribution in [1.82, 2.24) is 5.32 Å². The zero-order chi connectivity index (χ0) is 26.8. The molecule has 6 nitrogen and oxygen atoms in total. The maximum absolute atomic E-state index is 13.7. The van der Waals surface area contributed by atoms with Crippen molar-refractivity contribution >= 4 is 33.8 Å². The maximum Gasteiger partial charge on any atom is 0.252 e. The first-order chi connectivity index (χ1) is 18.5. The fourth-order valence-corrected chi connectivity index (χ4v) is 4.51. The number of aliphatic hydroxyl groups is 1. The molecule has 1 amide bonds. The van der Waals surface area contributed by atoms with E-state index < -0.39 is 11.6 Å². The van der Waals surface area contributed by atoms with Gasteiger partial charge in [-0.05, 0) is 60.9 Å². The third-order valence-corrected chi connectivity index (χ3v) is 7.01. The largest absolute Gasteiger partial charge is 0.494 e. The molecule has 1 aliphatic heterocycles. The van der Waals surface area contributed by atoms with Gasteiger partial charge in [0.2, 0.25) is 5.90 Å². The molecule has 198 valence electrons. The van der Waals surface area contributed by atoms with E-state index in [0.29, 0.717) is 37.6 Å². The Labute approximate surface area is 232 Å². The number of hydrogen-bond acceptors (Lipinski definition) is 5. The first kappa shape index (κ1) is 27.6. The Hall–Kier alpha value is -3.42. The minimum absolute atomic E-state index is 0.0899. The molecule has 7 heteroatoms. The van der Waals surface area contributed by atoms with Crippen molar-refractivity contribution in [3.8, 4) is 5.75 Å². The molecule has 0 radical (unpaired) electrons. The van der Waals surface area contributed by atoms with E-state index in [4.69, 9.17) is 19.6 Å². The summed E-state index contributed by atoms with van der Waals surface area (Å²) in [6.45, 7) is 2.93. The van der Waals surface area contributed by atoms with E-state index in [2.05, 4.69) is 21.2 Å². The van der Waals surface area contributed by atoms with Gasteiger partial charge in [-0.2, -0.15) is 0 Å². The van der Waals surface area contributed by atoms with Crippen LogP contribution in [0.4, 0.5) is 0 Å². The van der Waals surface area contributed by atoms with Gasteiger partial charge in [-0.3, -0.25) is 4.79 Å². The first-order valence-corrected chi connectivity index (χ1v) is 13.6. The number of rotatable bonds is 12. The number of carbonyl (C=O) groups is 1. The second-order valence-electron chi connectivity index (χ2n) is 9.20. The summed E-state index contributed by atoms with van der Waals surface area (Å²) in [6, 6.07) is 25.5. The van der Waals surface area contributed by atoms with Crippen molar-refractivity contribution < 1.29 is 19.4 Å². The van der Waals surface area contributed by atoms with E-state index >= 15 is 0 Å². The van der Waals surface area contributed by atoms with Crippen molar-refractivity contribution in [1.29, 1.82) is 0 Å². The average molecular weight is 578 g/mol. The molecule has 1 aliphatic rings. The molecule has 2 atom stereocenters. The Kier molecular flexibility index (Phi) is 9.73. The van der Waals surface area contributed by atoms with Crippen LogP contribution in [0.1, 0.15) is 36.5 Å². The molecule has 0 spiro atoms. The van der Waals surface area contributed by atoms with Gasteiger partial charge in [-0.1, -0.05) is 70.5 Å². The van der Waals surface area contributed by atoms with Crippen LogP contribution in [-0.4, -0.2) is 48.3 Å². The molecular formula is C31H33BrN2O4. The number of amides is 1. The van der Waals surface area contributed by atoms with E-state index in [9.17, 15) is 4.79 Å². The van der Waals surface area contributed by atoms with Gasteiger partial charge in [0, 0.05) is 36.0 Å². The number of nitrogens with zero attached hydrogens (tertiary/aromatic N) is 1. The Balaban J connectivity index is 1.52. The highest BCUT2D eigenvalue weighted by atomic mass is 79.9. The van der Waals surface area contributed by atoms with Crippen molar-refractivity contribution in [3.63, 3.8) is 0 Å². The predicted molar refractivity (Wildman–Crippen MR) is 154 cm³/mol. The second kappa shape index (κ2) is 13.4. The number of nitrogens with one attached hydrogen (secondary N) is 1. The monoisotopic (exact) mass is 576 g/mol. The lowest BCUT2D eigenvalue weighted by Crippen LogP contribution is -2.51. The van der Waals surface area contributed by atoms with Gasteiger partial charge in [-0.25, -0.2) is 4.99 Å². The summed E-state index contributed by atoms with van der Waals surface area (Å²) in [5.41, 5.74) is 1.90. The average Bonchev–Trinajstić information content (AvgIpc) is 3.28. The highest BCUT2D eigenvalue weighted by Crippen LogP contribution is 2.33. The van der Waals surface area contributed by atoms with Crippen molar-refractivity contribution in [3.05, 3.63) is 106 Å². The normalized spacial score (nSPS) is 18.7. The summed E-state index contributed by atoms with van der Waals surface area (Å²) in [7, 11) is 0. The van der Waals surface area contributed by atoms with Gasteiger partial charge in [0.1, 0.15) is 11.9 Å². The lowest BCUT2D eigenvalue weighted by atomic mass is 9.89. The van der Waals surface area contributed by atoms with Gasteiger partial charge >= 0.3 is 0 Å². The molecular weight excluding hydrogens is 544 g/mol. The molecule has 2 N–H and O–H groups in total.